The molecule has 1 aromatic carbocycles. The topological polar surface area (TPSA) is 119 Å². The van der Waals surface area contributed by atoms with E-state index in [9.17, 15) is 20.1 Å². The molecule has 0 bridgehead atoms. The standard InChI is InChI=1S/C14H15N3O4/c1-8(13-11(18)3-2-4-12(13)19)17-10(14(20)21)5-9-6-15-7-16-9/h2-4,6-7,10,18-19H,5H2,1H3,(H,15,16)(H,20,21)/b17-8+. The Morgan fingerprint density at radius 3 is 2.57 bits per heavy atom. The fourth-order valence-electron chi connectivity index (χ4n) is 1.99. The smallest absolute Gasteiger partial charge is 0.328 e. The molecule has 4 N–H and O–H groups in total. The maximum absolute atomic E-state index is 11.3. The number of nitrogens with zero attached hydrogens (tertiary/aromatic N) is 2. The fourth-order valence-corrected chi connectivity index (χ4v) is 1.99. The number of carboxylic acid groups (broad SMARTS) is 1. The summed E-state index contributed by atoms with van der Waals surface area (Å²) in [5, 5.41) is 28.8. The summed E-state index contributed by atoms with van der Waals surface area (Å²) in [5.41, 5.74) is 0.944. The van der Waals surface area contributed by atoms with Crippen LogP contribution in [0.1, 0.15) is 18.2 Å². The Kier molecular flexibility index (Phi) is 4.22. The van der Waals surface area contributed by atoms with Crippen molar-refractivity contribution in [1.82, 2.24) is 9.97 Å². The van der Waals surface area contributed by atoms with E-state index in [1.807, 2.05) is 0 Å². The SMILES string of the molecule is C/C(=N\C(Cc1c[nH]cn1)C(=O)O)c1c(O)cccc1O. The van der Waals surface area contributed by atoms with E-state index in [0.29, 0.717) is 5.69 Å². The van der Waals surface area contributed by atoms with E-state index in [-0.39, 0.29) is 29.2 Å². The summed E-state index contributed by atoms with van der Waals surface area (Å²) in [6.07, 6.45) is 3.17. The van der Waals surface area contributed by atoms with Gasteiger partial charge in [0, 0.05) is 18.3 Å². The third-order valence-corrected chi connectivity index (χ3v) is 2.97. The summed E-state index contributed by atoms with van der Waals surface area (Å²) in [5.74, 6) is -1.41. The van der Waals surface area contributed by atoms with Crippen LogP contribution in [-0.4, -0.2) is 43.0 Å². The number of aliphatic imine (C=N–C) groups is 1. The van der Waals surface area contributed by atoms with Crippen LogP contribution < -0.4 is 0 Å². The predicted molar refractivity (Wildman–Crippen MR) is 75.7 cm³/mol. The highest BCUT2D eigenvalue weighted by Crippen LogP contribution is 2.27. The van der Waals surface area contributed by atoms with Crippen LogP contribution >= 0.6 is 0 Å². The number of phenolic OH excluding ortho intramolecular Hbond substituents is 2. The molecule has 0 aliphatic rings. The first-order valence-electron chi connectivity index (χ1n) is 6.25. The molecule has 0 aliphatic carbocycles. The fraction of sp³-hybridized carbons (Fsp3) is 0.214. The van der Waals surface area contributed by atoms with Crippen LogP contribution in [0.15, 0.2) is 35.7 Å². The molecular weight excluding hydrogens is 274 g/mol. The Labute approximate surface area is 120 Å². The van der Waals surface area contributed by atoms with E-state index in [1.165, 1.54) is 31.5 Å². The minimum absolute atomic E-state index is 0.116. The van der Waals surface area contributed by atoms with Crippen LogP contribution in [-0.2, 0) is 11.2 Å². The molecule has 2 rings (SSSR count). The molecule has 0 fully saturated rings. The summed E-state index contributed by atoms with van der Waals surface area (Å²) in [4.78, 5) is 22.1. The lowest BCUT2D eigenvalue weighted by molar-refractivity contribution is -0.138. The maximum atomic E-state index is 11.3. The van der Waals surface area contributed by atoms with Crippen LogP contribution in [0.25, 0.3) is 0 Å². The minimum Gasteiger partial charge on any atom is -0.507 e. The molecule has 21 heavy (non-hydrogen) atoms. The molecule has 0 amide bonds. The van der Waals surface area contributed by atoms with Crippen LogP contribution in [0.4, 0.5) is 0 Å². The zero-order valence-corrected chi connectivity index (χ0v) is 11.3. The van der Waals surface area contributed by atoms with Crippen LogP contribution in [0.2, 0.25) is 0 Å². The van der Waals surface area contributed by atoms with Gasteiger partial charge in [0.1, 0.15) is 11.5 Å². The van der Waals surface area contributed by atoms with Gasteiger partial charge in [0.2, 0.25) is 0 Å². The van der Waals surface area contributed by atoms with Crippen molar-refractivity contribution < 1.29 is 20.1 Å². The molecule has 1 aromatic heterocycles. The molecule has 110 valence electrons. The van der Waals surface area contributed by atoms with E-state index >= 15 is 0 Å². The third kappa shape index (κ3) is 3.38. The number of hydrogen-bond donors (Lipinski definition) is 4. The Morgan fingerprint density at radius 2 is 2.05 bits per heavy atom. The summed E-state index contributed by atoms with van der Waals surface area (Å²) >= 11 is 0. The Morgan fingerprint density at radius 1 is 1.38 bits per heavy atom. The second-order valence-electron chi connectivity index (χ2n) is 4.50. The van der Waals surface area contributed by atoms with Crippen molar-refractivity contribution >= 4 is 11.7 Å². The van der Waals surface area contributed by atoms with Gasteiger partial charge in [0.25, 0.3) is 0 Å². The summed E-state index contributed by atoms with van der Waals surface area (Å²) < 4.78 is 0. The summed E-state index contributed by atoms with van der Waals surface area (Å²) in [7, 11) is 0. The molecule has 2 aromatic rings. The number of aromatic hydroxyl groups is 2. The van der Waals surface area contributed by atoms with Crippen molar-refractivity contribution in [3.05, 3.63) is 42.0 Å². The highest BCUT2D eigenvalue weighted by atomic mass is 16.4. The van der Waals surface area contributed by atoms with E-state index in [2.05, 4.69) is 15.0 Å². The van der Waals surface area contributed by atoms with Gasteiger partial charge in [0.15, 0.2) is 6.04 Å². The first-order chi connectivity index (χ1) is 9.99. The van der Waals surface area contributed by atoms with E-state index in [0.717, 1.165) is 0 Å². The van der Waals surface area contributed by atoms with Gasteiger partial charge < -0.3 is 20.3 Å². The largest absolute Gasteiger partial charge is 0.507 e. The molecule has 0 radical (unpaired) electrons. The molecule has 0 saturated heterocycles. The van der Waals surface area contributed by atoms with Gasteiger partial charge in [-0.3, -0.25) is 4.99 Å². The van der Waals surface area contributed by atoms with E-state index in [1.54, 1.807) is 6.20 Å². The number of aromatic amines is 1. The number of carboxylic acids is 1. The number of H-pyrrole nitrogens is 1. The average molecular weight is 289 g/mol. The Bertz CT molecular complexity index is 645. The molecule has 0 aliphatic heterocycles. The molecule has 1 atom stereocenters. The molecule has 1 unspecified atom stereocenters. The molecule has 7 heteroatoms. The van der Waals surface area contributed by atoms with Gasteiger partial charge in [0.05, 0.1) is 17.6 Å². The quantitative estimate of drug-likeness (QED) is 0.619. The molecule has 1 heterocycles. The number of benzene rings is 1. The molecule has 0 saturated carbocycles. The predicted octanol–water partition coefficient (Wildman–Crippen LogP) is 1.33. The van der Waals surface area contributed by atoms with Gasteiger partial charge in [-0.2, -0.15) is 0 Å². The second-order valence-corrected chi connectivity index (χ2v) is 4.50. The van der Waals surface area contributed by atoms with Crippen molar-refractivity contribution in [2.75, 3.05) is 0 Å². The zero-order chi connectivity index (χ0) is 15.4. The lowest BCUT2D eigenvalue weighted by Gasteiger charge is -2.10. The van der Waals surface area contributed by atoms with Crippen LogP contribution in [0.3, 0.4) is 0 Å². The van der Waals surface area contributed by atoms with Crippen LogP contribution in [0, 0.1) is 0 Å². The van der Waals surface area contributed by atoms with Gasteiger partial charge >= 0.3 is 5.97 Å². The summed E-state index contributed by atoms with van der Waals surface area (Å²) in [6.45, 7) is 1.54. The lowest BCUT2D eigenvalue weighted by Crippen LogP contribution is -2.22. The average Bonchev–Trinajstić information content (AvgIpc) is 2.90. The highest BCUT2D eigenvalue weighted by molar-refractivity contribution is 6.04. The van der Waals surface area contributed by atoms with Gasteiger partial charge in [-0.05, 0) is 19.1 Å². The monoisotopic (exact) mass is 289 g/mol. The first-order valence-corrected chi connectivity index (χ1v) is 6.25. The number of aliphatic carboxylic acids is 1. The van der Waals surface area contributed by atoms with E-state index < -0.39 is 12.0 Å². The first kappa shape index (κ1) is 14.6. The second kappa shape index (κ2) is 6.08. The zero-order valence-electron chi connectivity index (χ0n) is 11.3. The normalized spacial score (nSPS) is 13.1. The van der Waals surface area contributed by atoms with Gasteiger partial charge in [-0.25, -0.2) is 9.78 Å². The molecular formula is C14H15N3O4. The van der Waals surface area contributed by atoms with E-state index in [4.69, 9.17) is 0 Å². The van der Waals surface area contributed by atoms with Gasteiger partial charge in [-0.1, -0.05) is 6.07 Å². The number of hydrogen-bond acceptors (Lipinski definition) is 5. The third-order valence-electron chi connectivity index (χ3n) is 2.97. The van der Waals surface area contributed by atoms with Gasteiger partial charge in [-0.15, -0.1) is 0 Å². The minimum atomic E-state index is -1.10. The molecule has 0 spiro atoms. The number of carbonyl (C=O) groups is 1. The van der Waals surface area contributed by atoms with Crippen molar-refractivity contribution in [3.8, 4) is 11.5 Å². The van der Waals surface area contributed by atoms with Crippen molar-refractivity contribution in [1.29, 1.82) is 0 Å². The number of nitrogens with one attached hydrogen (secondary N) is 1. The number of aromatic nitrogens is 2. The van der Waals surface area contributed by atoms with Crippen LogP contribution in [0.5, 0.6) is 11.5 Å². The maximum Gasteiger partial charge on any atom is 0.328 e. The number of phenols is 2. The van der Waals surface area contributed by atoms with Crippen molar-refractivity contribution in [2.24, 2.45) is 4.99 Å². The summed E-state index contributed by atoms with van der Waals surface area (Å²) in [6, 6.07) is 3.24. The Hall–Kier alpha value is -2.83. The number of imidazole rings is 1. The number of rotatable bonds is 5. The van der Waals surface area contributed by atoms with Crippen molar-refractivity contribution in [2.45, 2.75) is 19.4 Å². The lowest BCUT2D eigenvalue weighted by atomic mass is 10.1. The molecule has 7 nitrogen and oxygen atoms in total. The van der Waals surface area contributed by atoms with Crippen molar-refractivity contribution in [3.63, 3.8) is 0 Å². The Balaban J connectivity index is 2.31. The highest BCUT2D eigenvalue weighted by Gasteiger charge is 2.20.